The highest BCUT2D eigenvalue weighted by molar-refractivity contribution is 5.78. The molecule has 1 amide bonds. The summed E-state index contributed by atoms with van der Waals surface area (Å²) >= 11 is 0. The van der Waals surface area contributed by atoms with Gasteiger partial charge in [-0.15, -0.1) is 0 Å². The summed E-state index contributed by atoms with van der Waals surface area (Å²) in [6.45, 7) is 0.655. The molecule has 24 heavy (non-hydrogen) atoms. The Bertz CT molecular complexity index is 628. The number of nitro benzene ring substituents is 1. The van der Waals surface area contributed by atoms with Crippen LogP contribution in [0, 0.1) is 16.0 Å². The van der Waals surface area contributed by atoms with Gasteiger partial charge in [0.25, 0.3) is 5.69 Å². The van der Waals surface area contributed by atoms with Crippen LogP contribution in [0.3, 0.4) is 0 Å². The summed E-state index contributed by atoms with van der Waals surface area (Å²) in [5, 5.41) is 11.1. The maximum absolute atomic E-state index is 12.7. The molecule has 10 heteroatoms. The summed E-state index contributed by atoms with van der Waals surface area (Å²) < 4.78 is 38.2. The molecule has 1 aromatic carbocycles. The van der Waals surface area contributed by atoms with E-state index in [0.717, 1.165) is 12.1 Å². The summed E-state index contributed by atoms with van der Waals surface area (Å²) in [5.74, 6) is -0.575. The van der Waals surface area contributed by atoms with Gasteiger partial charge in [-0.3, -0.25) is 19.7 Å². The summed E-state index contributed by atoms with van der Waals surface area (Å²) in [6.07, 6.45) is -3.80. The van der Waals surface area contributed by atoms with Gasteiger partial charge in [0.1, 0.15) is 5.69 Å². The molecule has 1 saturated heterocycles. The lowest BCUT2D eigenvalue weighted by Crippen LogP contribution is -2.40. The van der Waals surface area contributed by atoms with Crippen LogP contribution in [-0.2, 0) is 15.8 Å². The highest BCUT2D eigenvalue weighted by Crippen LogP contribution is 2.37. The largest absolute Gasteiger partial charge is 0.416 e. The fourth-order valence-electron chi connectivity index (χ4n) is 2.68. The van der Waals surface area contributed by atoms with Crippen LogP contribution in [-0.4, -0.2) is 31.0 Å². The van der Waals surface area contributed by atoms with Crippen LogP contribution < -0.4 is 10.4 Å². The van der Waals surface area contributed by atoms with E-state index in [2.05, 4.69) is 10.3 Å². The Kier molecular flexibility index (Phi) is 5.27. The minimum absolute atomic E-state index is 0.124. The zero-order valence-electron chi connectivity index (χ0n) is 12.8. The molecule has 0 aromatic heterocycles. The number of carbonyl (C=O) groups excluding carboxylic acids is 1. The number of piperidine rings is 1. The van der Waals surface area contributed by atoms with Crippen molar-refractivity contribution >= 4 is 17.3 Å². The maximum atomic E-state index is 12.7. The third-order valence-electron chi connectivity index (χ3n) is 3.91. The number of hydrogen-bond donors (Lipinski definition) is 1. The molecular weight excluding hydrogens is 331 g/mol. The number of rotatable bonds is 4. The highest BCUT2D eigenvalue weighted by atomic mass is 19.4. The normalized spacial score (nSPS) is 16.1. The molecule has 0 unspecified atom stereocenters. The molecule has 0 saturated carbocycles. The third kappa shape index (κ3) is 3.94. The van der Waals surface area contributed by atoms with Crippen molar-refractivity contribution in [2.45, 2.75) is 19.0 Å². The van der Waals surface area contributed by atoms with E-state index in [4.69, 9.17) is 0 Å². The van der Waals surface area contributed by atoms with E-state index < -0.39 is 22.4 Å². The Morgan fingerprint density at radius 2 is 2.00 bits per heavy atom. The molecule has 0 aliphatic carbocycles. The van der Waals surface area contributed by atoms with E-state index in [1.807, 2.05) is 0 Å². The Morgan fingerprint density at radius 1 is 1.38 bits per heavy atom. The van der Waals surface area contributed by atoms with Crippen molar-refractivity contribution in [3.63, 3.8) is 0 Å². The topological polar surface area (TPSA) is 84.7 Å². The van der Waals surface area contributed by atoms with Crippen LogP contribution in [0.15, 0.2) is 18.2 Å². The van der Waals surface area contributed by atoms with Crippen LogP contribution >= 0.6 is 0 Å². The number of hydroxylamine groups is 1. The minimum Gasteiger partial charge on any atom is -0.366 e. The Labute approximate surface area is 135 Å². The standard InChI is InChI=1S/C14H16F3N3O4/c1-24-18-13(21)9-4-6-19(7-5-9)11-3-2-10(14(15,16)17)8-12(11)20(22)23/h2-3,8-9H,4-7H2,1H3,(H,18,21). The van der Waals surface area contributed by atoms with Crippen LogP contribution in [0.4, 0.5) is 24.5 Å². The third-order valence-corrected chi connectivity index (χ3v) is 3.91. The Balaban J connectivity index is 2.18. The average Bonchev–Trinajstić information content (AvgIpc) is 2.53. The zero-order valence-corrected chi connectivity index (χ0v) is 12.8. The first-order valence-electron chi connectivity index (χ1n) is 7.17. The number of halogens is 3. The maximum Gasteiger partial charge on any atom is 0.416 e. The molecule has 1 aliphatic heterocycles. The lowest BCUT2D eigenvalue weighted by atomic mass is 9.95. The minimum atomic E-state index is -4.64. The second-order valence-corrected chi connectivity index (χ2v) is 5.39. The summed E-state index contributed by atoms with van der Waals surface area (Å²) in [6, 6.07) is 2.47. The van der Waals surface area contributed by atoms with Gasteiger partial charge in [-0.1, -0.05) is 0 Å². The second kappa shape index (κ2) is 7.04. The predicted molar refractivity (Wildman–Crippen MR) is 78.2 cm³/mol. The van der Waals surface area contributed by atoms with Gasteiger partial charge in [-0.25, -0.2) is 5.48 Å². The van der Waals surface area contributed by atoms with Crippen LogP contribution in [0.2, 0.25) is 0 Å². The first-order valence-corrected chi connectivity index (χ1v) is 7.17. The zero-order chi connectivity index (χ0) is 17.9. The number of benzene rings is 1. The first kappa shape index (κ1) is 18.0. The molecule has 7 nitrogen and oxygen atoms in total. The fourth-order valence-corrected chi connectivity index (χ4v) is 2.68. The van der Waals surface area contributed by atoms with Crippen molar-refractivity contribution in [2.75, 3.05) is 25.1 Å². The van der Waals surface area contributed by atoms with E-state index in [9.17, 15) is 28.1 Å². The number of alkyl halides is 3. The van der Waals surface area contributed by atoms with E-state index in [-0.39, 0.29) is 17.5 Å². The van der Waals surface area contributed by atoms with E-state index in [1.165, 1.54) is 7.11 Å². The molecule has 0 atom stereocenters. The molecule has 1 N–H and O–H groups in total. The molecule has 132 valence electrons. The molecule has 1 aromatic rings. The molecular formula is C14H16F3N3O4. The fraction of sp³-hybridized carbons (Fsp3) is 0.500. The molecule has 0 radical (unpaired) electrons. The number of carbonyl (C=O) groups is 1. The van der Waals surface area contributed by atoms with Crippen molar-refractivity contribution in [3.05, 3.63) is 33.9 Å². The van der Waals surface area contributed by atoms with Gasteiger partial charge in [0.2, 0.25) is 5.91 Å². The SMILES string of the molecule is CONC(=O)C1CCN(c2ccc(C(F)(F)F)cc2[N+](=O)[O-])CC1. The molecule has 0 spiro atoms. The van der Waals surface area contributed by atoms with Gasteiger partial charge in [-0.05, 0) is 25.0 Å². The smallest absolute Gasteiger partial charge is 0.366 e. The monoisotopic (exact) mass is 347 g/mol. The quantitative estimate of drug-likeness (QED) is 0.668. The summed E-state index contributed by atoms with van der Waals surface area (Å²) in [5.41, 5.74) is 0.701. The number of anilines is 1. The van der Waals surface area contributed by atoms with Gasteiger partial charge < -0.3 is 4.90 Å². The molecule has 1 heterocycles. The molecule has 2 rings (SSSR count). The number of hydrogen-bond acceptors (Lipinski definition) is 5. The van der Waals surface area contributed by atoms with Crippen LogP contribution in [0.5, 0.6) is 0 Å². The Morgan fingerprint density at radius 3 is 2.50 bits per heavy atom. The van der Waals surface area contributed by atoms with Crippen molar-refractivity contribution < 1.29 is 27.7 Å². The van der Waals surface area contributed by atoms with Crippen molar-refractivity contribution in [1.82, 2.24) is 5.48 Å². The summed E-state index contributed by atoms with van der Waals surface area (Å²) in [7, 11) is 1.32. The summed E-state index contributed by atoms with van der Waals surface area (Å²) in [4.78, 5) is 28.2. The van der Waals surface area contributed by atoms with Gasteiger partial charge in [0.05, 0.1) is 17.6 Å². The first-order chi connectivity index (χ1) is 11.2. The van der Waals surface area contributed by atoms with Gasteiger partial charge in [0.15, 0.2) is 0 Å². The highest BCUT2D eigenvalue weighted by Gasteiger charge is 2.34. The number of nitro groups is 1. The van der Waals surface area contributed by atoms with Gasteiger partial charge in [-0.2, -0.15) is 13.2 Å². The predicted octanol–water partition coefficient (Wildman–Crippen LogP) is 2.51. The van der Waals surface area contributed by atoms with Crippen LogP contribution in [0.1, 0.15) is 18.4 Å². The average molecular weight is 347 g/mol. The van der Waals surface area contributed by atoms with E-state index >= 15 is 0 Å². The van der Waals surface area contributed by atoms with Crippen LogP contribution in [0.25, 0.3) is 0 Å². The van der Waals surface area contributed by atoms with Crippen molar-refractivity contribution in [3.8, 4) is 0 Å². The number of amides is 1. The van der Waals surface area contributed by atoms with Gasteiger partial charge in [0, 0.05) is 25.1 Å². The molecule has 0 bridgehead atoms. The van der Waals surface area contributed by atoms with E-state index in [0.29, 0.717) is 32.0 Å². The second-order valence-electron chi connectivity index (χ2n) is 5.39. The number of nitrogens with zero attached hydrogens (tertiary/aromatic N) is 2. The lowest BCUT2D eigenvalue weighted by molar-refractivity contribution is -0.384. The van der Waals surface area contributed by atoms with Crippen molar-refractivity contribution in [1.29, 1.82) is 0 Å². The lowest BCUT2D eigenvalue weighted by Gasteiger charge is -2.32. The molecule has 1 fully saturated rings. The van der Waals surface area contributed by atoms with Crippen molar-refractivity contribution in [2.24, 2.45) is 5.92 Å². The molecule has 1 aliphatic rings. The Hall–Kier alpha value is -2.36. The van der Waals surface area contributed by atoms with Gasteiger partial charge >= 0.3 is 6.18 Å². The van der Waals surface area contributed by atoms with E-state index in [1.54, 1.807) is 4.90 Å². The number of nitrogens with one attached hydrogen (secondary N) is 1.